The van der Waals surface area contributed by atoms with Crippen LogP contribution >= 0.6 is 0 Å². The molecule has 0 radical (unpaired) electrons. The first-order valence-electron chi connectivity index (χ1n) is 17.1. The normalized spacial score (nSPS) is 36.6. The predicted octanol–water partition coefficient (Wildman–Crippen LogP) is 4.11. The molecule has 6 aliphatic rings. The zero-order valence-corrected chi connectivity index (χ0v) is 27.0. The van der Waals surface area contributed by atoms with E-state index in [1.165, 1.54) is 0 Å². The lowest BCUT2D eigenvalue weighted by Crippen LogP contribution is -2.59. The van der Waals surface area contributed by atoms with Crippen LogP contribution in [0.15, 0.2) is 48.5 Å². The fourth-order valence-corrected chi connectivity index (χ4v) is 9.26. The SMILES string of the molecule is CC(C)(C)c1ccc(N(C(=O)[C@H]2C3CO[C@H]4OCC2C4C3)C(C(=O)N[C@@H]2c3ccccc3C[C@@H]2O)C2COC3OCCC3C2)cc1. The summed E-state index contributed by atoms with van der Waals surface area (Å²) in [5, 5.41) is 14.4. The van der Waals surface area contributed by atoms with Gasteiger partial charge in [-0.25, -0.2) is 0 Å². The van der Waals surface area contributed by atoms with E-state index in [2.05, 4.69) is 38.2 Å². The first-order chi connectivity index (χ1) is 22.2. The lowest BCUT2D eigenvalue weighted by Gasteiger charge is -2.42. The van der Waals surface area contributed by atoms with Crippen molar-refractivity contribution in [3.63, 3.8) is 0 Å². The number of ether oxygens (including phenoxy) is 4. The Morgan fingerprint density at radius 1 is 0.891 bits per heavy atom. The summed E-state index contributed by atoms with van der Waals surface area (Å²) in [6.45, 7) is 8.42. The van der Waals surface area contributed by atoms with Crippen LogP contribution in [0, 0.1) is 35.5 Å². The summed E-state index contributed by atoms with van der Waals surface area (Å²) in [5.74, 6) is -0.372. The van der Waals surface area contributed by atoms with E-state index in [0.29, 0.717) is 45.0 Å². The zero-order valence-electron chi connectivity index (χ0n) is 27.0. The Kier molecular flexibility index (Phi) is 7.76. The second-order valence-electron chi connectivity index (χ2n) is 15.4. The number of amides is 2. The number of carbonyl (C=O) groups excluding carboxylic acids is 2. The van der Waals surface area contributed by atoms with Gasteiger partial charge in [-0.05, 0) is 59.4 Å². The summed E-state index contributed by atoms with van der Waals surface area (Å²) in [4.78, 5) is 31.8. The first kappa shape index (κ1) is 30.5. The Labute approximate surface area is 270 Å². The molecule has 2 aliphatic carbocycles. The van der Waals surface area contributed by atoms with Crippen molar-refractivity contribution in [2.24, 2.45) is 35.5 Å². The van der Waals surface area contributed by atoms with Crippen molar-refractivity contribution in [3.05, 3.63) is 65.2 Å². The molecule has 0 spiro atoms. The van der Waals surface area contributed by atoms with Crippen LogP contribution < -0.4 is 10.2 Å². The summed E-state index contributed by atoms with van der Waals surface area (Å²) in [5.41, 5.74) is 3.74. The molecule has 46 heavy (non-hydrogen) atoms. The van der Waals surface area contributed by atoms with Gasteiger partial charge in [0.15, 0.2) is 12.6 Å². The van der Waals surface area contributed by atoms with E-state index in [1.807, 2.05) is 36.4 Å². The van der Waals surface area contributed by atoms with E-state index in [-0.39, 0.29) is 65.3 Å². The third-order valence-corrected chi connectivity index (χ3v) is 11.6. The number of hydrogen-bond acceptors (Lipinski definition) is 7. The second-order valence-corrected chi connectivity index (χ2v) is 15.4. The second kappa shape index (κ2) is 11.7. The van der Waals surface area contributed by atoms with Gasteiger partial charge in [0, 0.05) is 41.7 Å². The van der Waals surface area contributed by atoms with Gasteiger partial charge in [0.05, 0.1) is 38.6 Å². The van der Waals surface area contributed by atoms with Crippen LogP contribution in [0.2, 0.25) is 0 Å². The average Bonchev–Trinajstić information content (AvgIpc) is 3.80. The van der Waals surface area contributed by atoms with Gasteiger partial charge in [-0.2, -0.15) is 0 Å². The van der Waals surface area contributed by atoms with Crippen LogP contribution in [0.4, 0.5) is 5.69 Å². The molecule has 2 N–H and O–H groups in total. The lowest BCUT2D eigenvalue weighted by molar-refractivity contribution is -0.172. The van der Waals surface area contributed by atoms with Gasteiger partial charge < -0.3 is 29.4 Å². The van der Waals surface area contributed by atoms with Crippen molar-refractivity contribution in [2.75, 3.05) is 31.3 Å². The molecule has 9 nitrogen and oxygen atoms in total. The Morgan fingerprint density at radius 2 is 1.65 bits per heavy atom. The van der Waals surface area contributed by atoms with Crippen molar-refractivity contribution >= 4 is 17.5 Å². The van der Waals surface area contributed by atoms with Crippen LogP contribution in [-0.4, -0.2) is 68.1 Å². The molecule has 8 rings (SSSR count). The predicted molar refractivity (Wildman–Crippen MR) is 170 cm³/mol. The molecule has 11 atom stereocenters. The van der Waals surface area contributed by atoms with Gasteiger partial charge in [-0.3, -0.25) is 14.5 Å². The maximum atomic E-state index is 15.2. The van der Waals surface area contributed by atoms with E-state index in [4.69, 9.17) is 18.9 Å². The highest BCUT2D eigenvalue weighted by atomic mass is 16.7. The summed E-state index contributed by atoms with van der Waals surface area (Å²) in [6, 6.07) is 14.6. The van der Waals surface area contributed by atoms with Crippen molar-refractivity contribution in [2.45, 2.75) is 82.6 Å². The van der Waals surface area contributed by atoms with E-state index in [9.17, 15) is 9.90 Å². The maximum Gasteiger partial charge on any atom is 0.244 e. The molecular weight excluding hydrogens is 584 g/mol. The van der Waals surface area contributed by atoms with E-state index >= 15 is 4.79 Å². The molecule has 2 amide bonds. The standard InChI is InChI=1S/C37H46N2O7/c1-37(2,3)24-8-10-25(11-9-24)39(34(42)30-22-15-27-28(30)19-46-36(27)45-17-22)32(23-14-21-12-13-43-35(21)44-18-23)33(41)38-31-26-7-5-4-6-20(26)16-29(31)40/h4-11,21-23,27-32,35-36,40H,12-19H2,1-3H3,(H,38,41)/t21?,22?,23?,27?,28?,29-,30-,31+,32?,35?,36-/m0/s1. The molecule has 4 saturated heterocycles. The van der Waals surface area contributed by atoms with Crippen molar-refractivity contribution in [1.29, 1.82) is 0 Å². The van der Waals surface area contributed by atoms with Gasteiger partial charge in [0.1, 0.15) is 6.04 Å². The topological polar surface area (TPSA) is 107 Å². The molecule has 2 aromatic rings. The molecule has 0 aromatic heterocycles. The van der Waals surface area contributed by atoms with Crippen LogP contribution in [0.25, 0.3) is 0 Å². The quantitative estimate of drug-likeness (QED) is 0.495. The molecule has 1 saturated carbocycles. The average molecular weight is 631 g/mol. The maximum absolute atomic E-state index is 15.2. The van der Waals surface area contributed by atoms with Gasteiger partial charge in [0.25, 0.3) is 0 Å². The minimum atomic E-state index is -0.839. The number of rotatable bonds is 6. The van der Waals surface area contributed by atoms with E-state index in [1.54, 1.807) is 4.90 Å². The molecule has 4 aliphatic heterocycles. The van der Waals surface area contributed by atoms with Crippen molar-refractivity contribution in [1.82, 2.24) is 5.32 Å². The van der Waals surface area contributed by atoms with Gasteiger partial charge in [-0.1, -0.05) is 57.2 Å². The fourth-order valence-electron chi connectivity index (χ4n) is 9.26. The van der Waals surface area contributed by atoms with Crippen molar-refractivity contribution in [3.8, 4) is 0 Å². The van der Waals surface area contributed by atoms with E-state index < -0.39 is 18.2 Å². The lowest BCUT2D eigenvalue weighted by atomic mass is 9.82. The monoisotopic (exact) mass is 630 g/mol. The van der Waals surface area contributed by atoms with Crippen molar-refractivity contribution < 1.29 is 33.6 Å². The first-order valence-corrected chi connectivity index (χ1v) is 17.1. The molecule has 2 bridgehead atoms. The zero-order chi connectivity index (χ0) is 31.7. The molecule has 246 valence electrons. The largest absolute Gasteiger partial charge is 0.390 e. The summed E-state index contributed by atoms with van der Waals surface area (Å²) in [7, 11) is 0. The molecule has 9 heteroatoms. The van der Waals surface area contributed by atoms with E-state index in [0.717, 1.165) is 29.5 Å². The number of aliphatic hydroxyl groups excluding tert-OH is 1. The number of benzene rings is 2. The van der Waals surface area contributed by atoms with Crippen LogP contribution in [0.5, 0.6) is 0 Å². The fraction of sp³-hybridized carbons (Fsp3) is 0.622. The number of nitrogens with zero attached hydrogens (tertiary/aromatic N) is 1. The number of nitrogens with one attached hydrogen (secondary N) is 1. The Morgan fingerprint density at radius 3 is 2.46 bits per heavy atom. The highest BCUT2D eigenvalue weighted by molar-refractivity contribution is 6.02. The third-order valence-electron chi connectivity index (χ3n) is 11.6. The summed E-state index contributed by atoms with van der Waals surface area (Å²) in [6.07, 6.45) is 1.70. The molecular formula is C37H46N2O7. The minimum Gasteiger partial charge on any atom is -0.390 e. The van der Waals surface area contributed by atoms with Gasteiger partial charge in [0.2, 0.25) is 11.8 Å². The van der Waals surface area contributed by atoms with Gasteiger partial charge in [-0.15, -0.1) is 0 Å². The summed E-state index contributed by atoms with van der Waals surface area (Å²) >= 11 is 0. The highest BCUT2D eigenvalue weighted by Gasteiger charge is 2.59. The van der Waals surface area contributed by atoms with Gasteiger partial charge >= 0.3 is 0 Å². The molecule has 7 unspecified atom stereocenters. The Hall–Kier alpha value is -2.82. The number of carbonyl (C=O) groups is 2. The van der Waals surface area contributed by atoms with Crippen LogP contribution in [0.1, 0.15) is 62.8 Å². The highest BCUT2D eigenvalue weighted by Crippen LogP contribution is 2.53. The molecule has 4 heterocycles. The minimum absolute atomic E-state index is 0.0481. The summed E-state index contributed by atoms with van der Waals surface area (Å²) < 4.78 is 24.1. The smallest absolute Gasteiger partial charge is 0.244 e. The number of aliphatic hydroxyl groups is 1. The Balaban J connectivity index is 1.20. The van der Waals surface area contributed by atoms with Crippen LogP contribution in [0.3, 0.4) is 0 Å². The number of hydrogen-bond donors (Lipinski definition) is 2. The Bertz CT molecular complexity index is 1470. The molecule has 2 aromatic carbocycles. The van der Waals surface area contributed by atoms with Crippen LogP contribution in [-0.2, 0) is 40.4 Å². The number of anilines is 1. The number of fused-ring (bicyclic) bond motifs is 3. The third kappa shape index (κ3) is 5.19. The molecule has 5 fully saturated rings.